The van der Waals surface area contributed by atoms with Gasteiger partial charge in [0.15, 0.2) is 0 Å². The number of carbonyl (C=O) groups is 1. The number of alkyl carbamates (subject to hydrolysis) is 1. The van der Waals surface area contributed by atoms with E-state index in [0.717, 1.165) is 11.3 Å². The quantitative estimate of drug-likeness (QED) is 0.876. The average Bonchev–Trinajstić information content (AvgIpc) is 2.74. The zero-order valence-corrected chi connectivity index (χ0v) is 10.3. The van der Waals surface area contributed by atoms with E-state index in [9.17, 15) is 4.79 Å². The van der Waals surface area contributed by atoms with Crippen molar-refractivity contribution in [3.63, 3.8) is 0 Å². The van der Waals surface area contributed by atoms with Crippen LogP contribution in [0.2, 0.25) is 0 Å². The Morgan fingerprint density at radius 3 is 2.76 bits per heavy atom. The van der Waals surface area contributed by atoms with Gasteiger partial charge in [-0.15, -0.1) is 0 Å². The fourth-order valence-electron chi connectivity index (χ4n) is 1.93. The molecule has 17 heavy (non-hydrogen) atoms. The van der Waals surface area contributed by atoms with E-state index < -0.39 is 0 Å². The lowest BCUT2D eigenvalue weighted by Crippen LogP contribution is -2.12. The standard InChI is InChI=1S/C13H17NO3/c1-8(2)9-4-5-11(16-3)10(6-9)12-7-14-13(15)17-12/h4-6,8,12H,7H2,1-3H3,(H,14,15). The maximum absolute atomic E-state index is 11.1. The molecular formula is C13H17NO3. The van der Waals surface area contributed by atoms with Gasteiger partial charge < -0.3 is 14.8 Å². The first-order chi connectivity index (χ1) is 8.11. The molecule has 0 aliphatic carbocycles. The van der Waals surface area contributed by atoms with Gasteiger partial charge in [-0.3, -0.25) is 0 Å². The summed E-state index contributed by atoms with van der Waals surface area (Å²) in [5.74, 6) is 1.20. The van der Waals surface area contributed by atoms with Crippen molar-refractivity contribution in [3.8, 4) is 5.75 Å². The van der Waals surface area contributed by atoms with E-state index in [-0.39, 0.29) is 12.2 Å². The molecule has 1 aliphatic rings. The number of carbonyl (C=O) groups excluding carboxylic acids is 1. The summed E-state index contributed by atoms with van der Waals surface area (Å²) < 4.78 is 10.5. The Bertz CT molecular complexity index is 429. The fourth-order valence-corrected chi connectivity index (χ4v) is 1.93. The van der Waals surface area contributed by atoms with E-state index in [2.05, 4.69) is 25.2 Å². The first-order valence-electron chi connectivity index (χ1n) is 5.74. The zero-order valence-electron chi connectivity index (χ0n) is 10.3. The largest absolute Gasteiger partial charge is 0.496 e. The summed E-state index contributed by atoms with van der Waals surface area (Å²) in [6, 6.07) is 6.02. The highest BCUT2D eigenvalue weighted by molar-refractivity contribution is 5.70. The van der Waals surface area contributed by atoms with Crippen molar-refractivity contribution in [3.05, 3.63) is 29.3 Å². The molecule has 1 atom stereocenters. The first-order valence-corrected chi connectivity index (χ1v) is 5.74. The summed E-state index contributed by atoms with van der Waals surface area (Å²) in [5, 5.41) is 2.65. The number of cyclic esters (lactones) is 1. The van der Waals surface area contributed by atoms with Gasteiger partial charge in [0.1, 0.15) is 11.9 Å². The van der Waals surface area contributed by atoms with Crippen LogP contribution in [-0.2, 0) is 4.74 Å². The second-order valence-electron chi connectivity index (χ2n) is 4.43. The van der Waals surface area contributed by atoms with Crippen molar-refractivity contribution < 1.29 is 14.3 Å². The van der Waals surface area contributed by atoms with Crippen LogP contribution in [0.25, 0.3) is 0 Å². The number of rotatable bonds is 3. The lowest BCUT2D eigenvalue weighted by Gasteiger charge is -2.15. The second kappa shape index (κ2) is 4.65. The lowest BCUT2D eigenvalue weighted by molar-refractivity contribution is 0.139. The molecular weight excluding hydrogens is 218 g/mol. The molecule has 0 saturated carbocycles. The van der Waals surface area contributed by atoms with Crippen LogP contribution in [0.4, 0.5) is 4.79 Å². The number of benzene rings is 1. The molecule has 1 unspecified atom stereocenters. The van der Waals surface area contributed by atoms with Crippen molar-refractivity contribution in [2.45, 2.75) is 25.9 Å². The number of ether oxygens (including phenoxy) is 2. The molecule has 1 aromatic rings. The predicted octanol–water partition coefficient (Wildman–Crippen LogP) is 2.60. The smallest absolute Gasteiger partial charge is 0.407 e. The van der Waals surface area contributed by atoms with Gasteiger partial charge >= 0.3 is 6.09 Å². The molecule has 2 rings (SSSR count). The van der Waals surface area contributed by atoms with Crippen LogP contribution < -0.4 is 10.1 Å². The number of hydrogen-bond donors (Lipinski definition) is 1. The van der Waals surface area contributed by atoms with E-state index in [1.54, 1.807) is 7.11 Å². The normalized spacial score (nSPS) is 19.1. The molecule has 1 aliphatic heterocycles. The summed E-state index contributed by atoms with van der Waals surface area (Å²) in [5.41, 5.74) is 2.14. The highest BCUT2D eigenvalue weighted by Gasteiger charge is 2.27. The second-order valence-corrected chi connectivity index (χ2v) is 4.43. The molecule has 92 valence electrons. The molecule has 0 bridgehead atoms. The molecule has 1 heterocycles. The minimum absolute atomic E-state index is 0.254. The third kappa shape index (κ3) is 2.35. The Morgan fingerprint density at radius 2 is 2.24 bits per heavy atom. The molecule has 4 nitrogen and oxygen atoms in total. The average molecular weight is 235 g/mol. The first kappa shape index (κ1) is 11.8. The molecule has 0 aromatic heterocycles. The highest BCUT2D eigenvalue weighted by atomic mass is 16.6. The van der Waals surface area contributed by atoms with E-state index in [1.807, 2.05) is 12.1 Å². The van der Waals surface area contributed by atoms with Crippen LogP contribution in [0.15, 0.2) is 18.2 Å². The molecule has 1 aromatic carbocycles. The van der Waals surface area contributed by atoms with Crippen LogP contribution in [0, 0.1) is 0 Å². The number of methoxy groups -OCH3 is 1. The Kier molecular flexibility index (Phi) is 3.22. The van der Waals surface area contributed by atoms with Gasteiger partial charge in [-0.25, -0.2) is 4.79 Å². The van der Waals surface area contributed by atoms with Crippen LogP contribution in [0.3, 0.4) is 0 Å². The van der Waals surface area contributed by atoms with Crippen LogP contribution in [0.1, 0.15) is 37.0 Å². The van der Waals surface area contributed by atoms with Gasteiger partial charge in [0.2, 0.25) is 0 Å². The molecule has 1 N–H and O–H groups in total. The summed E-state index contributed by atoms with van der Waals surface area (Å²) in [6.07, 6.45) is -0.622. The summed E-state index contributed by atoms with van der Waals surface area (Å²) in [7, 11) is 1.62. The monoisotopic (exact) mass is 235 g/mol. The lowest BCUT2D eigenvalue weighted by atomic mass is 9.98. The van der Waals surface area contributed by atoms with E-state index in [4.69, 9.17) is 9.47 Å². The number of amides is 1. The predicted molar refractivity (Wildman–Crippen MR) is 64.3 cm³/mol. The zero-order chi connectivity index (χ0) is 12.4. The van der Waals surface area contributed by atoms with E-state index >= 15 is 0 Å². The maximum atomic E-state index is 11.1. The van der Waals surface area contributed by atoms with Gasteiger partial charge in [-0.1, -0.05) is 19.9 Å². The van der Waals surface area contributed by atoms with Gasteiger partial charge in [0, 0.05) is 5.56 Å². The highest BCUT2D eigenvalue weighted by Crippen LogP contribution is 2.32. The van der Waals surface area contributed by atoms with Crippen molar-refractivity contribution >= 4 is 6.09 Å². The molecule has 1 saturated heterocycles. The van der Waals surface area contributed by atoms with Crippen molar-refractivity contribution in [1.29, 1.82) is 0 Å². The van der Waals surface area contributed by atoms with Crippen LogP contribution in [-0.4, -0.2) is 19.7 Å². The SMILES string of the molecule is COc1ccc(C(C)C)cc1C1CNC(=O)O1. The molecule has 1 amide bonds. The molecule has 0 spiro atoms. The van der Waals surface area contributed by atoms with Gasteiger partial charge in [0.05, 0.1) is 13.7 Å². The topological polar surface area (TPSA) is 47.6 Å². The summed E-state index contributed by atoms with van der Waals surface area (Å²) >= 11 is 0. The maximum Gasteiger partial charge on any atom is 0.407 e. The molecule has 4 heteroatoms. The van der Waals surface area contributed by atoms with E-state index in [1.165, 1.54) is 5.56 Å². The van der Waals surface area contributed by atoms with Crippen molar-refractivity contribution in [1.82, 2.24) is 5.32 Å². The molecule has 0 radical (unpaired) electrons. The molecule has 1 fully saturated rings. The fraction of sp³-hybridized carbons (Fsp3) is 0.462. The van der Waals surface area contributed by atoms with Crippen LogP contribution in [0.5, 0.6) is 5.75 Å². The Hall–Kier alpha value is -1.71. The number of hydrogen-bond acceptors (Lipinski definition) is 3. The summed E-state index contributed by atoms with van der Waals surface area (Å²) in [4.78, 5) is 11.1. The van der Waals surface area contributed by atoms with Gasteiger partial charge in [0.25, 0.3) is 0 Å². The van der Waals surface area contributed by atoms with E-state index in [0.29, 0.717) is 12.5 Å². The third-order valence-electron chi connectivity index (χ3n) is 2.95. The Morgan fingerprint density at radius 1 is 1.47 bits per heavy atom. The van der Waals surface area contributed by atoms with Gasteiger partial charge in [-0.2, -0.15) is 0 Å². The third-order valence-corrected chi connectivity index (χ3v) is 2.95. The van der Waals surface area contributed by atoms with Crippen LogP contribution >= 0.6 is 0 Å². The van der Waals surface area contributed by atoms with Gasteiger partial charge in [-0.05, 0) is 23.6 Å². The Balaban J connectivity index is 2.35. The van der Waals surface area contributed by atoms with Crippen molar-refractivity contribution in [2.24, 2.45) is 0 Å². The minimum Gasteiger partial charge on any atom is -0.496 e. The summed E-state index contributed by atoms with van der Waals surface area (Å²) in [6.45, 7) is 4.76. The number of nitrogens with one attached hydrogen (secondary N) is 1. The minimum atomic E-state index is -0.369. The van der Waals surface area contributed by atoms with Crippen molar-refractivity contribution in [2.75, 3.05) is 13.7 Å². The Labute approximate surface area is 101 Å².